The van der Waals surface area contributed by atoms with Crippen molar-refractivity contribution in [3.63, 3.8) is 0 Å². The number of aliphatic hydroxyl groups is 1. The fourth-order valence-corrected chi connectivity index (χ4v) is 1.91. The Balaban J connectivity index is 1.88. The Morgan fingerprint density at radius 3 is 2.74 bits per heavy atom. The number of hydrogen-bond donors (Lipinski definition) is 3. The van der Waals surface area contributed by atoms with Crippen molar-refractivity contribution in [3.8, 4) is 5.75 Å². The number of aryl methyl sites for hydroxylation is 1. The number of amides is 2. The molecule has 19 heavy (non-hydrogen) atoms. The molecule has 1 fully saturated rings. The monoisotopic (exact) mass is 264 g/mol. The summed E-state index contributed by atoms with van der Waals surface area (Å²) in [5.74, 6) is 0.765. The highest BCUT2D eigenvalue weighted by Gasteiger charge is 2.42. The zero-order valence-electron chi connectivity index (χ0n) is 11.3. The minimum Gasteiger partial charge on any atom is -0.497 e. The molecule has 0 saturated heterocycles. The SMILES string of the molecule is COc1ccc(NC(=O)NCC2(CO)CC2)c(C)c1. The largest absolute Gasteiger partial charge is 0.497 e. The number of ether oxygens (including phenoxy) is 1. The molecule has 0 bridgehead atoms. The van der Waals surface area contributed by atoms with E-state index in [1.165, 1.54) is 0 Å². The molecule has 104 valence electrons. The van der Waals surface area contributed by atoms with E-state index in [-0.39, 0.29) is 18.1 Å². The van der Waals surface area contributed by atoms with Gasteiger partial charge in [0.05, 0.1) is 13.7 Å². The lowest BCUT2D eigenvalue weighted by Crippen LogP contribution is -2.35. The number of methoxy groups -OCH3 is 1. The fraction of sp³-hybridized carbons (Fsp3) is 0.500. The van der Waals surface area contributed by atoms with Crippen LogP contribution in [0.15, 0.2) is 18.2 Å². The third-order valence-electron chi connectivity index (χ3n) is 3.60. The molecule has 2 rings (SSSR count). The summed E-state index contributed by atoms with van der Waals surface area (Å²) in [6.07, 6.45) is 1.96. The molecule has 1 aromatic carbocycles. The van der Waals surface area contributed by atoms with Crippen LogP contribution in [0.1, 0.15) is 18.4 Å². The number of hydrogen-bond acceptors (Lipinski definition) is 3. The van der Waals surface area contributed by atoms with E-state index >= 15 is 0 Å². The Hall–Kier alpha value is -1.75. The summed E-state index contributed by atoms with van der Waals surface area (Å²) < 4.78 is 5.11. The smallest absolute Gasteiger partial charge is 0.319 e. The Morgan fingerprint density at radius 2 is 2.21 bits per heavy atom. The van der Waals surface area contributed by atoms with Gasteiger partial charge in [0.1, 0.15) is 5.75 Å². The highest BCUT2D eigenvalue weighted by Crippen LogP contribution is 2.44. The van der Waals surface area contributed by atoms with Crippen LogP contribution in [0, 0.1) is 12.3 Å². The Bertz CT molecular complexity index is 470. The second-order valence-corrected chi connectivity index (χ2v) is 5.15. The predicted octanol–water partition coefficient (Wildman–Crippen LogP) is 1.90. The first kappa shape index (κ1) is 13.7. The topological polar surface area (TPSA) is 70.6 Å². The van der Waals surface area contributed by atoms with Crippen LogP contribution >= 0.6 is 0 Å². The average Bonchev–Trinajstić information content (AvgIpc) is 3.19. The van der Waals surface area contributed by atoms with Crippen molar-refractivity contribution in [2.45, 2.75) is 19.8 Å². The molecule has 0 unspecified atom stereocenters. The number of carbonyl (C=O) groups excluding carboxylic acids is 1. The summed E-state index contributed by atoms with van der Waals surface area (Å²) in [7, 11) is 1.61. The molecule has 0 radical (unpaired) electrons. The molecule has 1 aliphatic rings. The van der Waals surface area contributed by atoms with Crippen molar-refractivity contribution in [2.24, 2.45) is 5.41 Å². The van der Waals surface area contributed by atoms with E-state index in [4.69, 9.17) is 4.74 Å². The van der Waals surface area contributed by atoms with Gasteiger partial charge in [-0.1, -0.05) is 0 Å². The summed E-state index contributed by atoms with van der Waals surface area (Å²) in [4.78, 5) is 11.8. The summed E-state index contributed by atoms with van der Waals surface area (Å²) in [5.41, 5.74) is 1.62. The molecule has 0 atom stereocenters. The fourth-order valence-electron chi connectivity index (χ4n) is 1.91. The van der Waals surface area contributed by atoms with Gasteiger partial charge in [-0.15, -0.1) is 0 Å². The normalized spacial score (nSPS) is 15.7. The first-order valence-electron chi connectivity index (χ1n) is 6.39. The van der Waals surface area contributed by atoms with E-state index in [0.717, 1.165) is 29.8 Å². The molecular formula is C14H20N2O3. The Kier molecular flexibility index (Phi) is 3.95. The lowest BCUT2D eigenvalue weighted by molar-refractivity contribution is 0.206. The maximum atomic E-state index is 11.8. The molecule has 2 amide bonds. The van der Waals surface area contributed by atoms with E-state index in [1.807, 2.05) is 19.1 Å². The van der Waals surface area contributed by atoms with Crippen LogP contribution in [-0.2, 0) is 0 Å². The maximum absolute atomic E-state index is 11.8. The van der Waals surface area contributed by atoms with Crippen LogP contribution in [0.3, 0.4) is 0 Å². The number of anilines is 1. The zero-order valence-corrected chi connectivity index (χ0v) is 11.3. The maximum Gasteiger partial charge on any atom is 0.319 e. The molecule has 1 aromatic rings. The summed E-state index contributed by atoms with van der Waals surface area (Å²) in [6, 6.07) is 5.24. The highest BCUT2D eigenvalue weighted by molar-refractivity contribution is 5.90. The lowest BCUT2D eigenvalue weighted by Gasteiger charge is -2.14. The third-order valence-corrected chi connectivity index (χ3v) is 3.60. The van der Waals surface area contributed by atoms with Crippen LogP contribution in [-0.4, -0.2) is 31.4 Å². The minimum atomic E-state index is -0.243. The zero-order chi connectivity index (χ0) is 13.9. The van der Waals surface area contributed by atoms with E-state index in [9.17, 15) is 9.90 Å². The van der Waals surface area contributed by atoms with Gasteiger partial charge in [0, 0.05) is 17.6 Å². The summed E-state index contributed by atoms with van der Waals surface area (Å²) >= 11 is 0. The molecule has 0 aliphatic heterocycles. The molecular weight excluding hydrogens is 244 g/mol. The summed E-state index contributed by atoms with van der Waals surface area (Å²) in [6.45, 7) is 2.56. The first-order valence-corrected chi connectivity index (χ1v) is 6.39. The molecule has 3 N–H and O–H groups in total. The van der Waals surface area contributed by atoms with Gasteiger partial charge >= 0.3 is 6.03 Å². The van der Waals surface area contributed by atoms with Crippen molar-refractivity contribution < 1.29 is 14.6 Å². The quantitative estimate of drug-likeness (QED) is 0.760. The number of nitrogens with one attached hydrogen (secondary N) is 2. The molecule has 1 saturated carbocycles. The summed E-state index contributed by atoms with van der Waals surface area (Å²) in [5, 5.41) is 14.8. The van der Waals surface area contributed by atoms with Crippen molar-refractivity contribution in [1.29, 1.82) is 0 Å². The second-order valence-electron chi connectivity index (χ2n) is 5.15. The molecule has 0 spiro atoms. The van der Waals surface area contributed by atoms with Crippen LogP contribution in [0.25, 0.3) is 0 Å². The van der Waals surface area contributed by atoms with Crippen molar-refractivity contribution >= 4 is 11.7 Å². The number of carbonyl (C=O) groups is 1. The van der Waals surface area contributed by atoms with Gasteiger partial charge in [0.2, 0.25) is 0 Å². The molecule has 5 heteroatoms. The van der Waals surface area contributed by atoms with Gasteiger partial charge in [-0.2, -0.15) is 0 Å². The van der Waals surface area contributed by atoms with Crippen molar-refractivity contribution in [3.05, 3.63) is 23.8 Å². The van der Waals surface area contributed by atoms with Gasteiger partial charge in [-0.3, -0.25) is 0 Å². The van der Waals surface area contributed by atoms with E-state index in [1.54, 1.807) is 13.2 Å². The van der Waals surface area contributed by atoms with Crippen molar-refractivity contribution in [2.75, 3.05) is 25.6 Å². The average molecular weight is 264 g/mol. The van der Waals surface area contributed by atoms with Gasteiger partial charge in [-0.05, 0) is 43.5 Å². The number of urea groups is 1. The Labute approximate surface area is 113 Å². The standard InChI is InChI=1S/C14H20N2O3/c1-10-7-11(19-2)3-4-12(10)16-13(18)15-8-14(9-17)5-6-14/h3-4,7,17H,5-6,8-9H2,1-2H3,(H2,15,16,18). The van der Waals surface area contributed by atoms with E-state index < -0.39 is 0 Å². The Morgan fingerprint density at radius 1 is 1.47 bits per heavy atom. The van der Waals surface area contributed by atoms with Crippen LogP contribution in [0.5, 0.6) is 5.75 Å². The molecule has 0 aromatic heterocycles. The van der Waals surface area contributed by atoms with Gasteiger partial charge in [-0.25, -0.2) is 4.79 Å². The molecule has 1 aliphatic carbocycles. The number of benzene rings is 1. The highest BCUT2D eigenvalue weighted by atomic mass is 16.5. The first-order chi connectivity index (χ1) is 9.08. The predicted molar refractivity (Wildman–Crippen MR) is 73.5 cm³/mol. The van der Waals surface area contributed by atoms with E-state index in [0.29, 0.717) is 6.54 Å². The number of rotatable bonds is 5. The van der Waals surface area contributed by atoms with Crippen molar-refractivity contribution in [1.82, 2.24) is 5.32 Å². The second kappa shape index (κ2) is 5.48. The molecule has 5 nitrogen and oxygen atoms in total. The molecule has 0 heterocycles. The van der Waals surface area contributed by atoms with Crippen LogP contribution < -0.4 is 15.4 Å². The minimum absolute atomic E-state index is 0.0771. The van der Waals surface area contributed by atoms with E-state index in [2.05, 4.69) is 10.6 Å². The van der Waals surface area contributed by atoms with Gasteiger partial charge < -0.3 is 20.5 Å². The van der Waals surface area contributed by atoms with Gasteiger partial charge in [0.25, 0.3) is 0 Å². The van der Waals surface area contributed by atoms with Crippen LogP contribution in [0.4, 0.5) is 10.5 Å². The van der Waals surface area contributed by atoms with Crippen LogP contribution in [0.2, 0.25) is 0 Å². The lowest BCUT2D eigenvalue weighted by atomic mass is 10.1. The van der Waals surface area contributed by atoms with Gasteiger partial charge in [0.15, 0.2) is 0 Å². The third kappa shape index (κ3) is 3.38. The number of aliphatic hydroxyl groups excluding tert-OH is 1.